The molecule has 0 bridgehead atoms. The first kappa shape index (κ1) is 20.0. The van der Waals surface area contributed by atoms with Gasteiger partial charge in [-0.15, -0.1) is 0 Å². The second-order valence-electron chi connectivity index (χ2n) is 6.92. The largest absolute Gasteiger partial charge is 0.507 e. The van der Waals surface area contributed by atoms with Crippen molar-refractivity contribution in [2.75, 3.05) is 18.4 Å². The van der Waals surface area contributed by atoms with Gasteiger partial charge in [0.25, 0.3) is 0 Å². The first-order chi connectivity index (χ1) is 14.4. The van der Waals surface area contributed by atoms with Gasteiger partial charge in [-0.25, -0.2) is 18.7 Å². The molecule has 1 fully saturated rings. The van der Waals surface area contributed by atoms with Gasteiger partial charge < -0.3 is 15.3 Å². The van der Waals surface area contributed by atoms with E-state index in [4.69, 9.17) is 11.6 Å². The minimum absolute atomic E-state index is 0.0634. The third kappa shape index (κ3) is 3.43. The van der Waals surface area contributed by atoms with Crippen LogP contribution in [0.1, 0.15) is 6.42 Å². The maximum atomic E-state index is 15.3. The molecule has 2 heterocycles. The molecule has 1 atom stereocenters. The van der Waals surface area contributed by atoms with Crippen LogP contribution in [0.15, 0.2) is 43.2 Å². The Balaban J connectivity index is 1.75. The number of benzene rings is 2. The van der Waals surface area contributed by atoms with Crippen LogP contribution in [0.5, 0.6) is 5.75 Å². The van der Waals surface area contributed by atoms with Crippen LogP contribution in [0.2, 0.25) is 5.02 Å². The lowest BCUT2D eigenvalue weighted by molar-refractivity contribution is -0.125. The van der Waals surface area contributed by atoms with Crippen molar-refractivity contribution in [1.29, 1.82) is 0 Å². The summed E-state index contributed by atoms with van der Waals surface area (Å²) >= 11 is 6.29. The fraction of sp³-hybridized carbons (Fsp3) is 0.190. The summed E-state index contributed by atoms with van der Waals surface area (Å²) in [6.07, 6.45) is 3.13. The van der Waals surface area contributed by atoms with Gasteiger partial charge in [-0.3, -0.25) is 4.79 Å². The Morgan fingerprint density at radius 1 is 1.33 bits per heavy atom. The first-order valence-corrected chi connectivity index (χ1v) is 9.57. The van der Waals surface area contributed by atoms with Crippen LogP contribution in [0.25, 0.3) is 22.0 Å². The maximum absolute atomic E-state index is 15.3. The van der Waals surface area contributed by atoms with Gasteiger partial charge in [-0.05, 0) is 30.7 Å². The molecular formula is C21H17ClF2N4O2. The van der Waals surface area contributed by atoms with E-state index < -0.39 is 17.4 Å². The summed E-state index contributed by atoms with van der Waals surface area (Å²) in [6.45, 7) is 4.51. The van der Waals surface area contributed by atoms with Gasteiger partial charge in [0.15, 0.2) is 5.82 Å². The standard InChI is InChI=1S/C21H17ClF2N4O2/c1-2-16(30)28-7-6-11(9-28)27-21-12-8-13(22)17(19(24)20(12)25-10-26-21)18-14(23)4-3-5-15(18)29/h2-5,8,10-11,29H,1,6-7,9H2,(H,25,26,27). The molecule has 30 heavy (non-hydrogen) atoms. The Kier molecular flexibility index (Phi) is 5.26. The number of phenolic OH excluding ortho intramolecular Hbond substituents is 1. The molecule has 2 aromatic carbocycles. The third-order valence-electron chi connectivity index (χ3n) is 5.08. The highest BCUT2D eigenvalue weighted by Gasteiger charge is 2.27. The molecule has 0 saturated carbocycles. The summed E-state index contributed by atoms with van der Waals surface area (Å²) in [6, 6.07) is 5.02. The number of nitrogens with one attached hydrogen (secondary N) is 1. The third-order valence-corrected chi connectivity index (χ3v) is 5.38. The molecule has 1 aromatic heterocycles. The van der Waals surface area contributed by atoms with Crippen LogP contribution < -0.4 is 5.32 Å². The summed E-state index contributed by atoms with van der Waals surface area (Å²) in [5.41, 5.74) is -0.663. The van der Waals surface area contributed by atoms with Gasteiger partial charge in [0.1, 0.15) is 29.2 Å². The smallest absolute Gasteiger partial charge is 0.246 e. The SMILES string of the molecule is C=CC(=O)N1CCC(Nc2ncnc3c(F)c(-c4c(O)cccc4F)c(Cl)cc23)C1. The average Bonchev–Trinajstić information content (AvgIpc) is 3.18. The zero-order chi connectivity index (χ0) is 21.4. The van der Waals surface area contributed by atoms with Crippen molar-refractivity contribution in [2.24, 2.45) is 0 Å². The number of anilines is 1. The van der Waals surface area contributed by atoms with Crippen molar-refractivity contribution in [3.05, 3.63) is 59.9 Å². The molecule has 1 amide bonds. The van der Waals surface area contributed by atoms with E-state index in [1.165, 1.54) is 30.6 Å². The summed E-state index contributed by atoms with van der Waals surface area (Å²) in [4.78, 5) is 21.6. The number of carbonyl (C=O) groups is 1. The molecular weight excluding hydrogens is 414 g/mol. The topological polar surface area (TPSA) is 78.4 Å². The van der Waals surface area contributed by atoms with Crippen molar-refractivity contribution in [3.63, 3.8) is 0 Å². The van der Waals surface area contributed by atoms with Gasteiger partial charge in [0, 0.05) is 30.1 Å². The van der Waals surface area contributed by atoms with Gasteiger partial charge in [0.2, 0.25) is 5.91 Å². The number of hydrogen-bond acceptors (Lipinski definition) is 5. The predicted molar refractivity (Wildman–Crippen MR) is 110 cm³/mol. The Morgan fingerprint density at radius 3 is 2.87 bits per heavy atom. The molecule has 0 radical (unpaired) electrons. The number of halogens is 3. The molecule has 1 unspecified atom stereocenters. The second kappa shape index (κ2) is 7.87. The van der Waals surface area contributed by atoms with Crippen LogP contribution in [0, 0.1) is 11.6 Å². The van der Waals surface area contributed by atoms with Crippen molar-refractivity contribution < 1.29 is 18.7 Å². The molecule has 154 valence electrons. The zero-order valence-electron chi connectivity index (χ0n) is 15.7. The van der Waals surface area contributed by atoms with E-state index in [1.54, 1.807) is 4.90 Å². The summed E-state index contributed by atoms with van der Waals surface area (Å²) in [7, 11) is 0. The molecule has 4 rings (SSSR count). The second-order valence-corrected chi connectivity index (χ2v) is 7.33. The highest BCUT2D eigenvalue weighted by molar-refractivity contribution is 6.34. The normalized spacial score (nSPS) is 16.1. The van der Waals surface area contributed by atoms with Crippen LogP contribution >= 0.6 is 11.6 Å². The van der Waals surface area contributed by atoms with Crippen LogP contribution in [0.4, 0.5) is 14.6 Å². The van der Waals surface area contributed by atoms with E-state index in [9.17, 15) is 14.3 Å². The molecule has 0 spiro atoms. The maximum Gasteiger partial charge on any atom is 0.246 e. The summed E-state index contributed by atoms with van der Waals surface area (Å²) < 4.78 is 29.6. The first-order valence-electron chi connectivity index (χ1n) is 9.19. The number of hydrogen-bond donors (Lipinski definition) is 2. The molecule has 2 N–H and O–H groups in total. The lowest BCUT2D eigenvalue weighted by Gasteiger charge is -2.17. The summed E-state index contributed by atoms with van der Waals surface area (Å²) in [5, 5.41) is 13.5. The molecule has 3 aromatic rings. The number of nitrogens with zero attached hydrogens (tertiary/aromatic N) is 3. The van der Waals surface area contributed by atoms with E-state index in [2.05, 4.69) is 21.9 Å². The number of aromatic hydroxyl groups is 1. The van der Waals surface area contributed by atoms with Gasteiger partial charge in [0.05, 0.1) is 10.6 Å². The van der Waals surface area contributed by atoms with Crippen molar-refractivity contribution >= 4 is 34.2 Å². The Bertz CT molecular complexity index is 1150. The average molecular weight is 431 g/mol. The predicted octanol–water partition coefficient (Wildman–Crippen LogP) is 4.13. The van der Waals surface area contributed by atoms with Crippen molar-refractivity contribution in [2.45, 2.75) is 12.5 Å². The monoisotopic (exact) mass is 430 g/mol. The number of likely N-dealkylation sites (tertiary alicyclic amines) is 1. The van der Waals surface area contributed by atoms with Crippen LogP contribution in [-0.2, 0) is 4.79 Å². The van der Waals surface area contributed by atoms with E-state index in [1.807, 2.05) is 0 Å². The van der Waals surface area contributed by atoms with Gasteiger partial charge >= 0.3 is 0 Å². The molecule has 1 aliphatic rings. The van der Waals surface area contributed by atoms with Gasteiger partial charge in [-0.1, -0.05) is 24.2 Å². The quantitative estimate of drug-likeness (QED) is 0.608. The molecule has 9 heteroatoms. The fourth-order valence-corrected chi connectivity index (χ4v) is 3.92. The lowest BCUT2D eigenvalue weighted by Crippen LogP contribution is -2.30. The van der Waals surface area contributed by atoms with E-state index in [0.29, 0.717) is 30.7 Å². The Labute approximate surface area is 175 Å². The fourth-order valence-electron chi connectivity index (χ4n) is 3.63. The Hall–Kier alpha value is -3.26. The van der Waals surface area contributed by atoms with Crippen LogP contribution in [-0.4, -0.2) is 45.0 Å². The van der Waals surface area contributed by atoms with Crippen molar-refractivity contribution in [3.8, 4) is 16.9 Å². The highest BCUT2D eigenvalue weighted by atomic mass is 35.5. The zero-order valence-corrected chi connectivity index (χ0v) is 16.5. The van der Waals surface area contributed by atoms with Crippen molar-refractivity contribution in [1.82, 2.24) is 14.9 Å². The minimum Gasteiger partial charge on any atom is -0.507 e. The number of phenols is 1. The lowest BCUT2D eigenvalue weighted by atomic mass is 10.0. The number of fused-ring (bicyclic) bond motifs is 1. The summed E-state index contributed by atoms with van der Waals surface area (Å²) in [5.74, 6) is -1.91. The van der Waals surface area contributed by atoms with Crippen LogP contribution in [0.3, 0.4) is 0 Å². The van der Waals surface area contributed by atoms with E-state index in [-0.39, 0.29) is 33.6 Å². The molecule has 1 aliphatic heterocycles. The molecule has 6 nitrogen and oxygen atoms in total. The van der Waals surface area contributed by atoms with E-state index in [0.717, 1.165) is 6.07 Å². The number of carbonyl (C=O) groups excluding carboxylic acids is 1. The Morgan fingerprint density at radius 2 is 2.13 bits per heavy atom. The highest BCUT2D eigenvalue weighted by Crippen LogP contribution is 2.41. The number of aromatic nitrogens is 2. The van der Waals surface area contributed by atoms with Gasteiger partial charge in [-0.2, -0.15) is 0 Å². The molecule has 0 aliphatic carbocycles. The number of amides is 1. The van der Waals surface area contributed by atoms with E-state index >= 15 is 4.39 Å². The minimum atomic E-state index is -0.863. The molecule has 1 saturated heterocycles. The number of rotatable bonds is 4.